The molecule has 3 rings (SSSR count). The van der Waals surface area contributed by atoms with Gasteiger partial charge in [0.15, 0.2) is 5.96 Å². The average molecular weight is 512 g/mol. The molecule has 6 nitrogen and oxygen atoms in total. The molecule has 1 aromatic heterocycles. The van der Waals surface area contributed by atoms with Gasteiger partial charge in [0, 0.05) is 35.8 Å². The van der Waals surface area contributed by atoms with Crippen LogP contribution in [0.1, 0.15) is 18.1 Å². The van der Waals surface area contributed by atoms with E-state index in [-0.39, 0.29) is 35.5 Å². The smallest absolute Gasteiger partial charge is 0.191 e. The fraction of sp³-hybridized carbons (Fsp3) is 0.286. The molecule has 0 aliphatic heterocycles. The number of ether oxygens (including phenoxy) is 1. The Morgan fingerprint density at radius 1 is 1.17 bits per heavy atom. The number of fused-ring (bicyclic) bond motifs is 1. The fourth-order valence-corrected chi connectivity index (χ4v) is 2.99. The van der Waals surface area contributed by atoms with Crippen LogP contribution in [0.3, 0.4) is 0 Å². The van der Waals surface area contributed by atoms with E-state index in [9.17, 15) is 9.50 Å². The molecule has 3 aromatic rings. The maximum absolute atomic E-state index is 13.5. The van der Waals surface area contributed by atoms with Crippen LogP contribution in [0.2, 0.25) is 0 Å². The highest BCUT2D eigenvalue weighted by Crippen LogP contribution is 2.23. The van der Waals surface area contributed by atoms with E-state index in [1.54, 1.807) is 37.4 Å². The standard InChI is InChI=1S/C21H25FN4O2.HI/c1-3-23-21(26-13-15-10-17(28-2)5-7-20(15)27)24-9-8-14-12-25-19-6-4-16(22)11-18(14)19;/h4-7,10-12,25,27H,3,8-9,13H2,1-2H3,(H2,23,24,26);1H. The molecule has 0 aliphatic carbocycles. The van der Waals surface area contributed by atoms with Gasteiger partial charge in [-0.25, -0.2) is 9.38 Å². The summed E-state index contributed by atoms with van der Waals surface area (Å²) in [5.74, 6) is 1.26. The van der Waals surface area contributed by atoms with E-state index in [2.05, 4.69) is 20.6 Å². The molecule has 0 amide bonds. The first-order chi connectivity index (χ1) is 13.6. The third kappa shape index (κ3) is 5.99. The lowest BCUT2D eigenvalue weighted by Crippen LogP contribution is -2.38. The molecule has 0 spiro atoms. The minimum atomic E-state index is -0.241. The normalized spacial score (nSPS) is 11.2. The number of nitrogens with zero attached hydrogens (tertiary/aromatic N) is 1. The molecule has 0 saturated heterocycles. The third-order valence-electron chi connectivity index (χ3n) is 4.45. The lowest BCUT2D eigenvalue weighted by Gasteiger charge is -2.12. The van der Waals surface area contributed by atoms with Gasteiger partial charge in [0.05, 0.1) is 13.7 Å². The number of halogens is 2. The molecule has 4 N–H and O–H groups in total. The van der Waals surface area contributed by atoms with Crippen molar-refractivity contribution in [2.45, 2.75) is 19.9 Å². The quantitative estimate of drug-likeness (QED) is 0.220. The number of phenols is 1. The summed E-state index contributed by atoms with van der Waals surface area (Å²) in [7, 11) is 1.58. The Morgan fingerprint density at radius 2 is 2.00 bits per heavy atom. The summed E-state index contributed by atoms with van der Waals surface area (Å²) >= 11 is 0. The van der Waals surface area contributed by atoms with Crippen LogP contribution in [0.15, 0.2) is 47.6 Å². The summed E-state index contributed by atoms with van der Waals surface area (Å²) in [4.78, 5) is 7.69. The van der Waals surface area contributed by atoms with Crippen molar-refractivity contribution in [2.24, 2.45) is 4.99 Å². The lowest BCUT2D eigenvalue weighted by atomic mass is 10.1. The number of guanidine groups is 1. The Hall–Kier alpha value is -2.49. The van der Waals surface area contributed by atoms with Gasteiger partial charge in [-0.15, -0.1) is 24.0 Å². The largest absolute Gasteiger partial charge is 0.508 e. The van der Waals surface area contributed by atoms with Gasteiger partial charge in [0.1, 0.15) is 17.3 Å². The summed E-state index contributed by atoms with van der Waals surface area (Å²) in [5.41, 5.74) is 2.65. The minimum Gasteiger partial charge on any atom is -0.508 e. The van der Waals surface area contributed by atoms with Crippen molar-refractivity contribution in [3.05, 3.63) is 59.5 Å². The summed E-state index contributed by atoms with van der Waals surface area (Å²) < 4.78 is 18.7. The predicted molar refractivity (Wildman–Crippen MR) is 125 cm³/mol. The molecule has 0 fully saturated rings. The second kappa shape index (κ2) is 10.9. The number of hydrogen-bond acceptors (Lipinski definition) is 3. The molecular formula is C21H26FIN4O2. The van der Waals surface area contributed by atoms with E-state index in [1.807, 2.05) is 13.1 Å². The van der Waals surface area contributed by atoms with Crippen molar-refractivity contribution in [2.75, 3.05) is 20.2 Å². The van der Waals surface area contributed by atoms with Gasteiger partial charge in [-0.05, 0) is 55.3 Å². The van der Waals surface area contributed by atoms with Gasteiger partial charge in [-0.2, -0.15) is 0 Å². The zero-order valence-electron chi connectivity index (χ0n) is 16.5. The van der Waals surface area contributed by atoms with Crippen LogP contribution in [0.5, 0.6) is 11.5 Å². The van der Waals surface area contributed by atoms with Crippen LogP contribution < -0.4 is 15.4 Å². The van der Waals surface area contributed by atoms with Crippen LogP contribution in [0.4, 0.5) is 4.39 Å². The van der Waals surface area contributed by atoms with Crippen LogP contribution in [0.25, 0.3) is 10.9 Å². The van der Waals surface area contributed by atoms with E-state index >= 15 is 0 Å². The monoisotopic (exact) mass is 512 g/mol. The molecule has 2 aromatic carbocycles. The van der Waals surface area contributed by atoms with Crippen LogP contribution in [-0.4, -0.2) is 36.2 Å². The maximum Gasteiger partial charge on any atom is 0.191 e. The van der Waals surface area contributed by atoms with E-state index < -0.39 is 0 Å². The van der Waals surface area contributed by atoms with Gasteiger partial charge in [-0.3, -0.25) is 0 Å². The molecule has 29 heavy (non-hydrogen) atoms. The van der Waals surface area contributed by atoms with Crippen LogP contribution in [-0.2, 0) is 13.0 Å². The number of aromatic hydroxyl groups is 1. The fourth-order valence-electron chi connectivity index (χ4n) is 2.99. The number of aliphatic imine (C=N–C) groups is 1. The topological polar surface area (TPSA) is 81.7 Å². The Bertz CT molecular complexity index is 974. The first-order valence-corrected chi connectivity index (χ1v) is 9.24. The number of H-pyrrole nitrogens is 1. The zero-order valence-corrected chi connectivity index (χ0v) is 18.8. The van der Waals surface area contributed by atoms with Crippen LogP contribution in [0, 0.1) is 5.82 Å². The minimum absolute atomic E-state index is 0. The number of phenolic OH excluding ortho intramolecular Hbond substituents is 1. The highest BCUT2D eigenvalue weighted by Gasteiger charge is 2.07. The molecule has 156 valence electrons. The van der Waals surface area contributed by atoms with Crippen molar-refractivity contribution in [1.29, 1.82) is 0 Å². The number of aromatic nitrogens is 1. The highest BCUT2D eigenvalue weighted by molar-refractivity contribution is 14.0. The molecule has 0 unspecified atom stereocenters. The van der Waals surface area contributed by atoms with Crippen molar-refractivity contribution < 1.29 is 14.2 Å². The van der Waals surface area contributed by atoms with Crippen molar-refractivity contribution >= 4 is 40.8 Å². The summed E-state index contributed by atoms with van der Waals surface area (Å²) in [6.07, 6.45) is 2.63. The highest BCUT2D eigenvalue weighted by atomic mass is 127. The number of benzene rings is 2. The van der Waals surface area contributed by atoms with Gasteiger partial charge < -0.3 is 25.5 Å². The Kier molecular flexibility index (Phi) is 8.56. The second-order valence-corrected chi connectivity index (χ2v) is 6.37. The van der Waals surface area contributed by atoms with Crippen LogP contribution >= 0.6 is 24.0 Å². The Morgan fingerprint density at radius 3 is 2.76 bits per heavy atom. The number of nitrogens with one attached hydrogen (secondary N) is 3. The average Bonchev–Trinajstić information content (AvgIpc) is 3.09. The van der Waals surface area contributed by atoms with E-state index in [4.69, 9.17) is 4.74 Å². The van der Waals surface area contributed by atoms with Gasteiger partial charge in [0.2, 0.25) is 0 Å². The molecule has 0 radical (unpaired) electrons. The Labute approximate surface area is 186 Å². The van der Waals surface area contributed by atoms with E-state index in [0.717, 1.165) is 22.9 Å². The predicted octanol–water partition coefficient (Wildman–Crippen LogP) is 3.94. The third-order valence-corrected chi connectivity index (χ3v) is 4.45. The molecule has 0 atom stereocenters. The number of rotatable bonds is 7. The molecule has 0 bridgehead atoms. The van der Waals surface area contributed by atoms with Gasteiger partial charge in [0.25, 0.3) is 0 Å². The summed E-state index contributed by atoms with van der Waals surface area (Å²) in [6, 6.07) is 9.81. The first kappa shape index (κ1) is 22.8. The first-order valence-electron chi connectivity index (χ1n) is 9.24. The van der Waals surface area contributed by atoms with Gasteiger partial charge in [-0.1, -0.05) is 0 Å². The maximum atomic E-state index is 13.5. The molecular weight excluding hydrogens is 486 g/mol. The van der Waals surface area contributed by atoms with Crippen molar-refractivity contribution in [3.8, 4) is 11.5 Å². The van der Waals surface area contributed by atoms with Crippen molar-refractivity contribution in [1.82, 2.24) is 15.6 Å². The number of methoxy groups -OCH3 is 1. The second-order valence-electron chi connectivity index (χ2n) is 6.37. The molecule has 1 heterocycles. The molecule has 0 aliphatic rings. The Balaban J connectivity index is 0.00000300. The van der Waals surface area contributed by atoms with E-state index in [0.29, 0.717) is 36.9 Å². The number of hydrogen-bond donors (Lipinski definition) is 4. The van der Waals surface area contributed by atoms with Gasteiger partial charge >= 0.3 is 0 Å². The number of aromatic amines is 1. The summed E-state index contributed by atoms with van der Waals surface area (Å²) in [6.45, 7) is 3.66. The lowest BCUT2D eigenvalue weighted by molar-refractivity contribution is 0.411. The zero-order chi connectivity index (χ0) is 19.9. The molecule has 8 heteroatoms. The van der Waals surface area contributed by atoms with E-state index in [1.165, 1.54) is 6.07 Å². The summed E-state index contributed by atoms with van der Waals surface area (Å²) in [5, 5.41) is 17.4. The van der Waals surface area contributed by atoms with Crippen molar-refractivity contribution in [3.63, 3.8) is 0 Å². The SMILES string of the molecule is CCNC(=NCc1cc(OC)ccc1O)NCCc1c[nH]c2ccc(F)cc12.I. The molecule has 0 saturated carbocycles.